The van der Waals surface area contributed by atoms with Gasteiger partial charge in [-0.15, -0.1) is 11.3 Å². The van der Waals surface area contributed by atoms with Crippen LogP contribution >= 0.6 is 27.3 Å². The maximum Gasteiger partial charge on any atom is 0.317 e. The van der Waals surface area contributed by atoms with Crippen molar-refractivity contribution in [3.05, 3.63) is 20.8 Å². The Hall–Kier alpha value is -1.08. The highest BCUT2D eigenvalue weighted by atomic mass is 79.9. The molecule has 0 spiro atoms. The predicted octanol–water partition coefficient (Wildman–Crippen LogP) is 2.13. The molecule has 0 bridgehead atoms. The highest BCUT2D eigenvalue weighted by Crippen LogP contribution is 2.19. The minimum absolute atomic E-state index is 0.0472. The van der Waals surface area contributed by atoms with Crippen molar-refractivity contribution in [3.63, 3.8) is 0 Å². The van der Waals surface area contributed by atoms with E-state index in [1.165, 1.54) is 4.90 Å². The molecule has 0 aliphatic rings. The fraction of sp³-hybridized carbons (Fsp3) is 0.400. The van der Waals surface area contributed by atoms with E-state index in [-0.39, 0.29) is 19.0 Å². The lowest BCUT2D eigenvalue weighted by Gasteiger charge is -2.16. The van der Waals surface area contributed by atoms with Crippen LogP contribution in [0.2, 0.25) is 0 Å². The first-order chi connectivity index (χ1) is 7.99. The van der Waals surface area contributed by atoms with Crippen LogP contribution in [0, 0.1) is 0 Å². The standard InChI is InChI=1S/C10H13BrN2O3S/c1-13(3-2-9(14)15)10(16)12-5-8-4-7(11)6-17-8/h4,6H,2-3,5H2,1H3,(H,12,16)(H,14,15). The van der Waals surface area contributed by atoms with Crippen LogP contribution in [-0.4, -0.2) is 35.6 Å². The zero-order valence-corrected chi connectivity index (χ0v) is 11.7. The van der Waals surface area contributed by atoms with E-state index in [0.29, 0.717) is 6.54 Å². The zero-order chi connectivity index (χ0) is 12.8. The summed E-state index contributed by atoms with van der Waals surface area (Å²) in [5.41, 5.74) is 0. The number of carbonyl (C=O) groups is 2. The third kappa shape index (κ3) is 5.18. The highest BCUT2D eigenvalue weighted by Gasteiger charge is 2.09. The van der Waals surface area contributed by atoms with Gasteiger partial charge in [0.25, 0.3) is 0 Å². The zero-order valence-electron chi connectivity index (χ0n) is 9.27. The molecule has 7 heteroatoms. The first kappa shape index (κ1) is 14.0. The van der Waals surface area contributed by atoms with Gasteiger partial charge in [0.2, 0.25) is 0 Å². The summed E-state index contributed by atoms with van der Waals surface area (Å²) in [6.07, 6.45) is -0.0472. The quantitative estimate of drug-likeness (QED) is 0.873. The Kier molecular flexibility index (Phi) is 5.43. The first-order valence-corrected chi connectivity index (χ1v) is 6.60. The number of amides is 2. The topological polar surface area (TPSA) is 69.6 Å². The molecular formula is C10H13BrN2O3S. The Morgan fingerprint density at radius 1 is 1.59 bits per heavy atom. The average Bonchev–Trinajstić information content (AvgIpc) is 2.68. The molecule has 0 radical (unpaired) electrons. The molecule has 1 aromatic rings. The van der Waals surface area contributed by atoms with Gasteiger partial charge in [0.1, 0.15) is 0 Å². The maximum atomic E-state index is 11.6. The highest BCUT2D eigenvalue weighted by molar-refractivity contribution is 9.10. The molecule has 1 aromatic heterocycles. The lowest BCUT2D eigenvalue weighted by atomic mass is 10.4. The van der Waals surface area contributed by atoms with Crippen molar-refractivity contribution in [3.8, 4) is 0 Å². The van der Waals surface area contributed by atoms with E-state index in [0.717, 1.165) is 9.35 Å². The molecule has 0 unspecified atom stereocenters. The number of nitrogens with zero attached hydrogens (tertiary/aromatic N) is 1. The summed E-state index contributed by atoms with van der Waals surface area (Å²) in [7, 11) is 1.57. The SMILES string of the molecule is CN(CCC(=O)O)C(=O)NCc1cc(Br)cs1. The Morgan fingerprint density at radius 3 is 2.82 bits per heavy atom. The average molecular weight is 321 g/mol. The Labute approximate surface area is 112 Å². The van der Waals surface area contributed by atoms with Crippen molar-refractivity contribution in [1.82, 2.24) is 10.2 Å². The number of nitrogens with one attached hydrogen (secondary N) is 1. The number of hydrogen-bond donors (Lipinski definition) is 2. The van der Waals surface area contributed by atoms with E-state index in [2.05, 4.69) is 21.2 Å². The number of carboxylic acid groups (broad SMARTS) is 1. The molecule has 0 aliphatic carbocycles. The van der Waals surface area contributed by atoms with E-state index in [1.54, 1.807) is 18.4 Å². The van der Waals surface area contributed by atoms with Crippen LogP contribution in [0.25, 0.3) is 0 Å². The van der Waals surface area contributed by atoms with Gasteiger partial charge in [-0.25, -0.2) is 4.79 Å². The molecule has 0 aliphatic heterocycles. The van der Waals surface area contributed by atoms with E-state index in [1.807, 2.05) is 11.4 Å². The summed E-state index contributed by atoms with van der Waals surface area (Å²) >= 11 is 4.88. The van der Waals surface area contributed by atoms with Crippen molar-refractivity contribution in [2.24, 2.45) is 0 Å². The van der Waals surface area contributed by atoms with Gasteiger partial charge in [-0.3, -0.25) is 4.79 Å². The van der Waals surface area contributed by atoms with Crippen molar-refractivity contribution >= 4 is 39.3 Å². The van der Waals surface area contributed by atoms with Gasteiger partial charge in [0.15, 0.2) is 0 Å². The van der Waals surface area contributed by atoms with Crippen molar-refractivity contribution < 1.29 is 14.7 Å². The molecule has 1 rings (SSSR count). The van der Waals surface area contributed by atoms with Crippen LogP contribution in [-0.2, 0) is 11.3 Å². The van der Waals surface area contributed by atoms with Crippen LogP contribution in [0.5, 0.6) is 0 Å². The summed E-state index contributed by atoms with van der Waals surface area (Å²) in [5, 5.41) is 13.2. The molecule has 1 heterocycles. The molecule has 94 valence electrons. The molecular weight excluding hydrogens is 308 g/mol. The van der Waals surface area contributed by atoms with Crippen molar-refractivity contribution in [2.75, 3.05) is 13.6 Å². The van der Waals surface area contributed by atoms with Crippen molar-refractivity contribution in [1.29, 1.82) is 0 Å². The van der Waals surface area contributed by atoms with E-state index < -0.39 is 5.97 Å². The fourth-order valence-corrected chi connectivity index (χ4v) is 2.50. The third-order valence-electron chi connectivity index (χ3n) is 2.04. The Balaban J connectivity index is 2.31. The summed E-state index contributed by atoms with van der Waals surface area (Å²) in [4.78, 5) is 24.3. The molecule has 5 nitrogen and oxygen atoms in total. The number of thiophene rings is 1. The normalized spacial score (nSPS) is 10.0. The lowest BCUT2D eigenvalue weighted by Crippen LogP contribution is -2.37. The number of rotatable bonds is 5. The number of aliphatic carboxylic acids is 1. The number of carbonyl (C=O) groups excluding carboxylic acids is 1. The monoisotopic (exact) mass is 320 g/mol. The number of halogens is 1. The van der Waals surface area contributed by atoms with Crippen LogP contribution in [0.4, 0.5) is 4.79 Å². The predicted molar refractivity (Wildman–Crippen MR) is 69.1 cm³/mol. The first-order valence-electron chi connectivity index (χ1n) is 4.92. The molecule has 2 N–H and O–H groups in total. The minimum Gasteiger partial charge on any atom is -0.481 e. The summed E-state index contributed by atoms with van der Waals surface area (Å²) in [5.74, 6) is -0.910. The largest absolute Gasteiger partial charge is 0.481 e. The summed E-state index contributed by atoms with van der Waals surface area (Å²) in [6.45, 7) is 0.655. The van der Waals surface area contributed by atoms with Crippen molar-refractivity contribution in [2.45, 2.75) is 13.0 Å². The second-order valence-corrected chi connectivity index (χ2v) is 5.37. The molecule has 0 atom stereocenters. The summed E-state index contributed by atoms with van der Waals surface area (Å²) in [6, 6.07) is 1.66. The molecule has 0 aromatic carbocycles. The maximum absolute atomic E-state index is 11.6. The second-order valence-electron chi connectivity index (χ2n) is 3.46. The van der Waals surface area contributed by atoms with Gasteiger partial charge in [-0.2, -0.15) is 0 Å². The molecule has 0 saturated heterocycles. The van der Waals surface area contributed by atoms with Gasteiger partial charge in [-0.1, -0.05) is 0 Å². The van der Waals surface area contributed by atoms with Crippen LogP contribution in [0.15, 0.2) is 15.9 Å². The van der Waals surface area contributed by atoms with E-state index in [9.17, 15) is 9.59 Å². The van der Waals surface area contributed by atoms with Crippen LogP contribution < -0.4 is 5.32 Å². The van der Waals surface area contributed by atoms with Gasteiger partial charge in [0, 0.05) is 28.3 Å². The molecule has 17 heavy (non-hydrogen) atoms. The van der Waals surface area contributed by atoms with Crippen LogP contribution in [0.3, 0.4) is 0 Å². The van der Waals surface area contributed by atoms with Gasteiger partial charge < -0.3 is 15.3 Å². The summed E-state index contributed by atoms with van der Waals surface area (Å²) < 4.78 is 0.992. The smallest absolute Gasteiger partial charge is 0.317 e. The van der Waals surface area contributed by atoms with Gasteiger partial charge >= 0.3 is 12.0 Å². The fourth-order valence-electron chi connectivity index (χ4n) is 1.11. The lowest BCUT2D eigenvalue weighted by molar-refractivity contribution is -0.137. The van der Waals surface area contributed by atoms with Crippen LogP contribution in [0.1, 0.15) is 11.3 Å². The van der Waals surface area contributed by atoms with E-state index in [4.69, 9.17) is 5.11 Å². The number of carboxylic acids is 1. The van der Waals surface area contributed by atoms with E-state index >= 15 is 0 Å². The Bertz CT molecular complexity index is 408. The number of urea groups is 1. The molecule has 0 fully saturated rings. The van der Waals surface area contributed by atoms with Gasteiger partial charge in [-0.05, 0) is 22.0 Å². The molecule has 0 saturated carbocycles. The Morgan fingerprint density at radius 2 is 2.29 bits per heavy atom. The molecule has 2 amide bonds. The minimum atomic E-state index is -0.910. The number of hydrogen-bond acceptors (Lipinski definition) is 3. The third-order valence-corrected chi connectivity index (χ3v) is 3.74. The second kappa shape index (κ2) is 6.61. The van der Waals surface area contributed by atoms with Gasteiger partial charge in [0.05, 0.1) is 13.0 Å².